The first-order chi connectivity index (χ1) is 11.7. The topological polar surface area (TPSA) is 32.9 Å². The van der Waals surface area contributed by atoms with Gasteiger partial charge in [0.25, 0.3) is 0 Å². The van der Waals surface area contributed by atoms with Crippen molar-refractivity contribution in [2.24, 2.45) is 0 Å². The van der Waals surface area contributed by atoms with Crippen molar-refractivity contribution in [2.75, 3.05) is 0 Å². The lowest BCUT2D eigenvalue weighted by Crippen LogP contribution is -2.09. The number of hydrogen-bond donors (Lipinski definition) is 1. The van der Waals surface area contributed by atoms with Gasteiger partial charge in [0.1, 0.15) is 0 Å². The van der Waals surface area contributed by atoms with Crippen LogP contribution >= 0.6 is 0 Å². The van der Waals surface area contributed by atoms with Gasteiger partial charge in [0.05, 0.1) is 0 Å². The van der Waals surface area contributed by atoms with Crippen molar-refractivity contribution in [1.29, 1.82) is 0 Å². The summed E-state index contributed by atoms with van der Waals surface area (Å²) in [6, 6.07) is 26.1. The molecule has 0 atom stereocenters. The zero-order chi connectivity index (χ0) is 16.5. The second kappa shape index (κ2) is 5.82. The van der Waals surface area contributed by atoms with Crippen LogP contribution in [-0.4, -0.2) is 4.98 Å². The Morgan fingerprint density at radius 2 is 1.25 bits per heavy atom. The van der Waals surface area contributed by atoms with Gasteiger partial charge in [-0.05, 0) is 35.7 Å². The summed E-state index contributed by atoms with van der Waals surface area (Å²) in [7, 11) is 0. The molecule has 4 rings (SSSR count). The molecule has 0 saturated heterocycles. The normalized spacial score (nSPS) is 10.9. The summed E-state index contributed by atoms with van der Waals surface area (Å²) in [6.45, 7) is 1.95. The van der Waals surface area contributed by atoms with Crippen molar-refractivity contribution in [1.82, 2.24) is 4.98 Å². The molecule has 0 fully saturated rings. The molecule has 0 spiro atoms. The lowest BCUT2D eigenvalue weighted by molar-refractivity contribution is 1.24. The van der Waals surface area contributed by atoms with Gasteiger partial charge in [0, 0.05) is 22.2 Å². The standard InChI is InChI=1S/C22H17NO/c1-15-21(22(24)19-9-5-6-10-20(19)23-15)18-13-11-17(12-14-18)16-7-3-2-4-8-16/h2-14H,1H3,(H,23,24). The summed E-state index contributed by atoms with van der Waals surface area (Å²) >= 11 is 0. The summed E-state index contributed by atoms with van der Waals surface area (Å²) in [5.74, 6) is 0. The second-order valence-electron chi connectivity index (χ2n) is 5.94. The molecule has 2 nitrogen and oxygen atoms in total. The molecule has 1 N–H and O–H groups in total. The molecule has 0 radical (unpaired) electrons. The number of aromatic amines is 1. The fourth-order valence-electron chi connectivity index (χ4n) is 3.17. The first-order valence-corrected chi connectivity index (χ1v) is 8.01. The van der Waals surface area contributed by atoms with E-state index in [-0.39, 0.29) is 5.43 Å². The van der Waals surface area contributed by atoms with Gasteiger partial charge in [0.2, 0.25) is 0 Å². The van der Waals surface area contributed by atoms with Crippen LogP contribution in [0.2, 0.25) is 0 Å². The molecule has 0 saturated carbocycles. The molecule has 0 aliphatic heterocycles. The fraction of sp³-hybridized carbons (Fsp3) is 0.0455. The highest BCUT2D eigenvalue weighted by Gasteiger charge is 2.11. The Morgan fingerprint density at radius 1 is 0.667 bits per heavy atom. The van der Waals surface area contributed by atoms with Gasteiger partial charge < -0.3 is 4.98 Å². The Bertz CT molecular complexity index is 1060. The number of fused-ring (bicyclic) bond motifs is 1. The van der Waals surface area contributed by atoms with Gasteiger partial charge in [-0.3, -0.25) is 4.79 Å². The van der Waals surface area contributed by atoms with Gasteiger partial charge in [0.15, 0.2) is 5.43 Å². The largest absolute Gasteiger partial charge is 0.358 e. The Hall–Kier alpha value is -3.13. The van der Waals surface area contributed by atoms with E-state index in [9.17, 15) is 4.79 Å². The van der Waals surface area contributed by atoms with Crippen molar-refractivity contribution in [3.8, 4) is 22.3 Å². The van der Waals surface area contributed by atoms with Crippen LogP contribution in [0.15, 0.2) is 83.7 Å². The number of hydrogen-bond acceptors (Lipinski definition) is 1. The van der Waals surface area contributed by atoms with Crippen molar-refractivity contribution in [2.45, 2.75) is 6.92 Å². The quantitative estimate of drug-likeness (QED) is 0.544. The van der Waals surface area contributed by atoms with Crippen molar-refractivity contribution >= 4 is 10.9 Å². The molecule has 0 bridgehead atoms. The fourth-order valence-corrected chi connectivity index (χ4v) is 3.17. The van der Waals surface area contributed by atoms with E-state index in [1.54, 1.807) is 0 Å². The molecule has 0 aliphatic carbocycles. The molecule has 0 unspecified atom stereocenters. The van der Waals surface area contributed by atoms with E-state index in [2.05, 4.69) is 29.2 Å². The van der Waals surface area contributed by atoms with Crippen LogP contribution in [0, 0.1) is 6.92 Å². The minimum absolute atomic E-state index is 0.0781. The zero-order valence-corrected chi connectivity index (χ0v) is 13.4. The number of nitrogens with one attached hydrogen (secondary N) is 1. The van der Waals surface area contributed by atoms with E-state index >= 15 is 0 Å². The maximum atomic E-state index is 12.9. The monoisotopic (exact) mass is 311 g/mol. The smallest absolute Gasteiger partial charge is 0.197 e. The third-order valence-electron chi connectivity index (χ3n) is 4.38. The molecule has 1 aromatic heterocycles. The average Bonchev–Trinajstić information content (AvgIpc) is 2.63. The van der Waals surface area contributed by atoms with Gasteiger partial charge in [-0.2, -0.15) is 0 Å². The van der Waals surface area contributed by atoms with Gasteiger partial charge in [-0.1, -0.05) is 66.7 Å². The van der Waals surface area contributed by atoms with Crippen molar-refractivity contribution in [3.63, 3.8) is 0 Å². The highest BCUT2D eigenvalue weighted by molar-refractivity contribution is 5.85. The van der Waals surface area contributed by atoms with E-state index in [1.165, 1.54) is 5.56 Å². The predicted octanol–water partition coefficient (Wildman–Crippen LogP) is 5.17. The molecule has 3 aromatic carbocycles. The minimum Gasteiger partial charge on any atom is -0.358 e. The van der Waals surface area contributed by atoms with E-state index in [4.69, 9.17) is 0 Å². The molecule has 116 valence electrons. The summed E-state index contributed by atoms with van der Waals surface area (Å²) in [6.07, 6.45) is 0. The van der Waals surface area contributed by atoms with Crippen molar-refractivity contribution in [3.05, 3.63) is 94.8 Å². The molecule has 24 heavy (non-hydrogen) atoms. The van der Waals surface area contributed by atoms with Crippen LogP contribution < -0.4 is 5.43 Å². The highest BCUT2D eigenvalue weighted by Crippen LogP contribution is 2.25. The summed E-state index contributed by atoms with van der Waals surface area (Å²) in [5.41, 5.74) is 5.86. The van der Waals surface area contributed by atoms with Crippen LogP contribution in [0.25, 0.3) is 33.2 Å². The number of benzene rings is 3. The van der Waals surface area contributed by atoms with E-state index < -0.39 is 0 Å². The van der Waals surface area contributed by atoms with E-state index in [1.807, 2.05) is 61.5 Å². The van der Waals surface area contributed by atoms with Gasteiger partial charge in [-0.25, -0.2) is 0 Å². The highest BCUT2D eigenvalue weighted by atomic mass is 16.1. The molecule has 1 heterocycles. The van der Waals surface area contributed by atoms with Gasteiger partial charge in [-0.15, -0.1) is 0 Å². The molecular weight excluding hydrogens is 294 g/mol. The summed E-state index contributed by atoms with van der Waals surface area (Å²) in [4.78, 5) is 16.2. The molecule has 4 aromatic rings. The van der Waals surface area contributed by atoms with Crippen LogP contribution in [0.3, 0.4) is 0 Å². The third-order valence-corrected chi connectivity index (χ3v) is 4.38. The predicted molar refractivity (Wildman–Crippen MR) is 100 cm³/mol. The Balaban J connectivity index is 1.85. The first kappa shape index (κ1) is 14.5. The number of rotatable bonds is 2. The number of aryl methyl sites for hydroxylation is 1. The lowest BCUT2D eigenvalue weighted by Gasteiger charge is -2.09. The van der Waals surface area contributed by atoms with Crippen LogP contribution in [0.4, 0.5) is 0 Å². The molecule has 2 heteroatoms. The summed E-state index contributed by atoms with van der Waals surface area (Å²) in [5, 5.41) is 0.727. The summed E-state index contributed by atoms with van der Waals surface area (Å²) < 4.78 is 0. The maximum absolute atomic E-state index is 12.9. The van der Waals surface area contributed by atoms with Crippen molar-refractivity contribution < 1.29 is 0 Å². The van der Waals surface area contributed by atoms with Crippen LogP contribution in [0.5, 0.6) is 0 Å². The van der Waals surface area contributed by atoms with E-state index in [0.29, 0.717) is 0 Å². The Labute approximate surface area is 140 Å². The molecule has 0 amide bonds. The zero-order valence-electron chi connectivity index (χ0n) is 13.4. The number of H-pyrrole nitrogens is 1. The molecule has 0 aliphatic rings. The number of para-hydroxylation sites is 1. The van der Waals surface area contributed by atoms with Crippen LogP contribution in [0.1, 0.15) is 5.69 Å². The third kappa shape index (κ3) is 2.42. The maximum Gasteiger partial charge on any atom is 0.197 e. The molecular formula is C22H17NO. The Morgan fingerprint density at radius 3 is 2.00 bits per heavy atom. The second-order valence-corrected chi connectivity index (χ2v) is 5.94. The van der Waals surface area contributed by atoms with E-state index in [0.717, 1.165) is 33.3 Å². The SMILES string of the molecule is Cc1[nH]c2ccccc2c(=O)c1-c1ccc(-c2ccccc2)cc1. The number of aromatic nitrogens is 1. The lowest BCUT2D eigenvalue weighted by atomic mass is 9.98. The van der Waals surface area contributed by atoms with Crippen LogP contribution in [-0.2, 0) is 0 Å². The van der Waals surface area contributed by atoms with Gasteiger partial charge >= 0.3 is 0 Å². The first-order valence-electron chi connectivity index (χ1n) is 8.01. The number of pyridine rings is 1. The average molecular weight is 311 g/mol. The minimum atomic E-state index is 0.0781. The Kier molecular flexibility index (Phi) is 3.51.